The fourth-order valence-corrected chi connectivity index (χ4v) is 2.46. The normalized spacial score (nSPS) is 28.8. The Morgan fingerprint density at radius 2 is 2.00 bits per heavy atom. The van der Waals surface area contributed by atoms with Crippen LogP contribution in [0.3, 0.4) is 0 Å². The highest BCUT2D eigenvalue weighted by Gasteiger charge is 2.32. The van der Waals surface area contributed by atoms with E-state index in [0.29, 0.717) is 12.5 Å². The molecule has 3 unspecified atom stereocenters. The molecule has 1 aliphatic rings. The monoisotopic (exact) mass is 237 g/mol. The van der Waals surface area contributed by atoms with E-state index in [0.717, 1.165) is 19.3 Å². The van der Waals surface area contributed by atoms with E-state index in [4.69, 9.17) is 5.26 Å². The van der Waals surface area contributed by atoms with Crippen molar-refractivity contribution >= 4 is 5.91 Å². The molecule has 0 aromatic rings. The van der Waals surface area contributed by atoms with E-state index in [2.05, 4.69) is 13.0 Å². The average molecular weight is 237 g/mol. The van der Waals surface area contributed by atoms with Gasteiger partial charge in [-0.3, -0.25) is 9.69 Å². The van der Waals surface area contributed by atoms with E-state index < -0.39 is 0 Å². The Balaban J connectivity index is 2.62. The van der Waals surface area contributed by atoms with Gasteiger partial charge in [0.25, 0.3) is 0 Å². The fraction of sp³-hybridized carbons (Fsp3) is 0.846. The molecule has 0 bridgehead atoms. The molecule has 1 saturated carbocycles. The fourth-order valence-electron chi connectivity index (χ4n) is 2.46. The first-order valence-electron chi connectivity index (χ1n) is 6.25. The van der Waals surface area contributed by atoms with Gasteiger partial charge in [-0.15, -0.1) is 0 Å². The second-order valence-electron chi connectivity index (χ2n) is 5.42. The van der Waals surface area contributed by atoms with Gasteiger partial charge in [0.15, 0.2) is 0 Å². The van der Waals surface area contributed by atoms with Gasteiger partial charge >= 0.3 is 0 Å². The van der Waals surface area contributed by atoms with E-state index in [1.54, 1.807) is 19.0 Å². The molecule has 0 spiro atoms. The summed E-state index contributed by atoms with van der Waals surface area (Å²) in [6, 6.07) is 2.62. The van der Waals surface area contributed by atoms with Crippen molar-refractivity contribution in [2.45, 2.75) is 32.2 Å². The van der Waals surface area contributed by atoms with Gasteiger partial charge in [0.05, 0.1) is 18.5 Å². The SMILES string of the molecule is CC1CCC(C#N)C(N(C)CC(=O)N(C)C)C1. The van der Waals surface area contributed by atoms with Gasteiger partial charge in [0.1, 0.15) is 0 Å². The summed E-state index contributed by atoms with van der Waals surface area (Å²) in [5.41, 5.74) is 0. The van der Waals surface area contributed by atoms with Crippen LogP contribution in [0.5, 0.6) is 0 Å². The molecule has 0 N–H and O–H groups in total. The van der Waals surface area contributed by atoms with Crippen LogP contribution in [0.25, 0.3) is 0 Å². The predicted octanol–water partition coefficient (Wildman–Crippen LogP) is 1.33. The molecule has 0 aromatic heterocycles. The van der Waals surface area contributed by atoms with Crippen molar-refractivity contribution in [3.8, 4) is 6.07 Å². The van der Waals surface area contributed by atoms with Crippen molar-refractivity contribution in [3.63, 3.8) is 0 Å². The van der Waals surface area contributed by atoms with Crippen LogP contribution in [0.2, 0.25) is 0 Å². The maximum atomic E-state index is 11.7. The van der Waals surface area contributed by atoms with Gasteiger partial charge in [0, 0.05) is 20.1 Å². The maximum absolute atomic E-state index is 11.7. The molecule has 3 atom stereocenters. The van der Waals surface area contributed by atoms with Gasteiger partial charge < -0.3 is 4.90 Å². The Morgan fingerprint density at radius 3 is 2.53 bits per heavy atom. The van der Waals surface area contributed by atoms with E-state index in [1.807, 2.05) is 11.9 Å². The quantitative estimate of drug-likeness (QED) is 0.744. The number of rotatable bonds is 3. The molecule has 1 rings (SSSR count). The predicted molar refractivity (Wildman–Crippen MR) is 67.2 cm³/mol. The second kappa shape index (κ2) is 6.02. The molecule has 4 heteroatoms. The first-order valence-corrected chi connectivity index (χ1v) is 6.25. The van der Waals surface area contributed by atoms with Gasteiger partial charge in [-0.1, -0.05) is 6.92 Å². The molecule has 0 heterocycles. The highest BCUT2D eigenvalue weighted by Crippen LogP contribution is 2.31. The number of carbonyl (C=O) groups excluding carboxylic acids is 1. The second-order valence-corrected chi connectivity index (χ2v) is 5.42. The van der Waals surface area contributed by atoms with Crippen LogP contribution in [0.1, 0.15) is 26.2 Å². The molecule has 4 nitrogen and oxygen atoms in total. The minimum Gasteiger partial charge on any atom is -0.348 e. The summed E-state index contributed by atoms with van der Waals surface area (Å²) < 4.78 is 0. The minimum absolute atomic E-state index is 0.0752. The van der Waals surface area contributed by atoms with Crippen LogP contribution in [0, 0.1) is 23.2 Å². The molecule has 0 radical (unpaired) electrons. The van der Waals surface area contributed by atoms with Crippen molar-refractivity contribution < 1.29 is 4.79 Å². The van der Waals surface area contributed by atoms with E-state index >= 15 is 0 Å². The number of nitriles is 1. The summed E-state index contributed by atoms with van der Waals surface area (Å²) in [5.74, 6) is 0.829. The Hall–Kier alpha value is -1.08. The molecule has 0 saturated heterocycles. The molecular weight excluding hydrogens is 214 g/mol. The van der Waals surface area contributed by atoms with Crippen LogP contribution >= 0.6 is 0 Å². The molecule has 1 fully saturated rings. The van der Waals surface area contributed by atoms with Gasteiger partial charge in [-0.2, -0.15) is 5.26 Å². The lowest BCUT2D eigenvalue weighted by molar-refractivity contribution is -0.130. The van der Waals surface area contributed by atoms with Crippen molar-refractivity contribution in [2.24, 2.45) is 11.8 Å². The largest absolute Gasteiger partial charge is 0.348 e. The first-order chi connectivity index (χ1) is 7.95. The summed E-state index contributed by atoms with van der Waals surface area (Å²) in [7, 11) is 5.48. The Labute approximate surface area is 104 Å². The lowest BCUT2D eigenvalue weighted by atomic mass is 9.79. The van der Waals surface area contributed by atoms with Crippen molar-refractivity contribution in [1.82, 2.24) is 9.80 Å². The third kappa shape index (κ3) is 3.71. The van der Waals surface area contributed by atoms with Crippen molar-refractivity contribution in [1.29, 1.82) is 5.26 Å². The number of hydrogen-bond acceptors (Lipinski definition) is 3. The standard InChI is InChI=1S/C13H23N3O/c1-10-5-6-11(8-14)12(7-10)16(4)9-13(17)15(2)3/h10-12H,5-7,9H2,1-4H3. The lowest BCUT2D eigenvalue weighted by Gasteiger charge is -2.37. The summed E-state index contributed by atoms with van der Waals surface area (Å²) in [6.07, 6.45) is 3.11. The summed E-state index contributed by atoms with van der Waals surface area (Å²) in [4.78, 5) is 15.3. The molecule has 96 valence electrons. The Morgan fingerprint density at radius 1 is 1.35 bits per heavy atom. The highest BCUT2D eigenvalue weighted by atomic mass is 16.2. The number of hydrogen-bond donors (Lipinski definition) is 0. The lowest BCUT2D eigenvalue weighted by Crippen LogP contribution is -2.45. The van der Waals surface area contributed by atoms with Crippen LogP contribution in [-0.4, -0.2) is 49.4 Å². The highest BCUT2D eigenvalue weighted by molar-refractivity contribution is 5.77. The first kappa shape index (κ1) is 14.0. The maximum Gasteiger partial charge on any atom is 0.236 e. The third-order valence-corrected chi connectivity index (χ3v) is 3.69. The number of amides is 1. The van der Waals surface area contributed by atoms with E-state index in [1.165, 1.54) is 0 Å². The van der Waals surface area contributed by atoms with Crippen molar-refractivity contribution in [2.75, 3.05) is 27.7 Å². The minimum atomic E-state index is 0.0752. The molecular formula is C13H23N3O. The molecule has 0 aromatic carbocycles. The van der Waals surface area contributed by atoms with E-state index in [9.17, 15) is 4.79 Å². The van der Waals surface area contributed by atoms with Crippen LogP contribution < -0.4 is 0 Å². The van der Waals surface area contributed by atoms with Crippen LogP contribution in [0.15, 0.2) is 0 Å². The number of carbonyl (C=O) groups is 1. The Bertz CT molecular complexity index is 308. The molecule has 17 heavy (non-hydrogen) atoms. The molecule has 1 amide bonds. The summed E-state index contributed by atoms with van der Waals surface area (Å²) >= 11 is 0. The smallest absolute Gasteiger partial charge is 0.236 e. The average Bonchev–Trinajstić information content (AvgIpc) is 2.28. The van der Waals surface area contributed by atoms with Crippen LogP contribution in [0.4, 0.5) is 0 Å². The zero-order valence-corrected chi connectivity index (χ0v) is 11.3. The number of nitrogens with zero attached hydrogens (tertiary/aromatic N) is 3. The van der Waals surface area contributed by atoms with Gasteiger partial charge in [0.2, 0.25) is 5.91 Å². The zero-order chi connectivity index (χ0) is 13.0. The topological polar surface area (TPSA) is 47.3 Å². The van der Waals surface area contributed by atoms with Gasteiger partial charge in [-0.25, -0.2) is 0 Å². The van der Waals surface area contributed by atoms with Crippen molar-refractivity contribution in [3.05, 3.63) is 0 Å². The third-order valence-electron chi connectivity index (χ3n) is 3.69. The summed E-state index contributed by atoms with van der Waals surface area (Å²) in [6.45, 7) is 2.63. The Kier molecular flexibility index (Phi) is 4.95. The van der Waals surface area contributed by atoms with Crippen LogP contribution in [-0.2, 0) is 4.79 Å². The number of likely N-dealkylation sites (N-methyl/N-ethyl adjacent to an activating group) is 2. The zero-order valence-electron chi connectivity index (χ0n) is 11.3. The summed E-state index contributed by atoms with van der Waals surface area (Å²) in [5, 5.41) is 9.17. The molecule has 0 aliphatic heterocycles. The van der Waals surface area contributed by atoms with E-state index in [-0.39, 0.29) is 17.9 Å². The molecule has 1 aliphatic carbocycles. The van der Waals surface area contributed by atoms with Gasteiger partial charge in [-0.05, 0) is 32.2 Å².